The number of methoxy groups -OCH3 is 1. The SMILES string of the molecule is C=C(CC(O)/C(C)=C/[C@@H](C)C(=O)CCCCC1CCC(O)C(OC)C1)C(C)CC/C=C/C=C/C=C(\C)CCCCCC1OC1(O)C(=O)C(=O)N1CCCCC1C.CC.CO.CO.O=CO. The molecule has 1 aliphatic carbocycles. The molecule has 13 nitrogen and oxygen atoms in total. The Morgan fingerprint density at radius 3 is 2.18 bits per heavy atom. The molecule has 3 rings (SSSR count). The van der Waals surface area contributed by atoms with Crippen molar-refractivity contribution in [3.8, 4) is 0 Å². The van der Waals surface area contributed by atoms with Gasteiger partial charge in [-0.1, -0.05) is 108 Å². The Labute approximate surface area is 392 Å². The number of Topliss-reactive ketones (excluding diaryl/α,β-unsaturated/α-hetero) is 2. The summed E-state index contributed by atoms with van der Waals surface area (Å²) < 4.78 is 10.8. The third-order valence-electron chi connectivity index (χ3n) is 12.5. The molecule has 3 aliphatic rings. The normalized spacial score (nSPS) is 24.4. The lowest BCUT2D eigenvalue weighted by atomic mass is 9.82. The van der Waals surface area contributed by atoms with Crippen LogP contribution in [-0.2, 0) is 28.7 Å². The van der Waals surface area contributed by atoms with Crippen molar-refractivity contribution in [1.82, 2.24) is 4.90 Å². The molecule has 376 valence electrons. The number of hydrogen-bond donors (Lipinski definition) is 6. The molecule has 0 radical (unpaired) electrons. The van der Waals surface area contributed by atoms with Crippen molar-refractivity contribution in [2.75, 3.05) is 27.9 Å². The van der Waals surface area contributed by atoms with Gasteiger partial charge in [0.2, 0.25) is 0 Å². The van der Waals surface area contributed by atoms with Gasteiger partial charge in [-0.05, 0) is 122 Å². The third-order valence-corrected chi connectivity index (χ3v) is 12.5. The Morgan fingerprint density at radius 2 is 1.55 bits per heavy atom. The predicted molar refractivity (Wildman–Crippen MR) is 260 cm³/mol. The molecule has 0 aromatic rings. The van der Waals surface area contributed by atoms with Crippen LogP contribution in [0.25, 0.3) is 0 Å². The topological polar surface area (TPSA) is 215 Å². The summed E-state index contributed by atoms with van der Waals surface area (Å²) in [6.45, 7) is 18.6. The number of piperidine rings is 1. The molecule has 6 N–H and O–H groups in total. The van der Waals surface area contributed by atoms with E-state index in [2.05, 4.69) is 44.7 Å². The standard InChI is InChI=1S/C47H75NO8.C2H6.CH2O2.2CH4O/c1-33(21-13-11-15-26-44-47(54,56-44)45(52)46(53)48-29-19-18-23-38(48)6)20-12-9-8-10-14-22-34(2)35(3)31-42(51)37(5)30-36(4)40(49)25-17-16-24-39-27-28-41(50)43(32-39)55-7;1-2;2-1-3;2*1-2/h8-10,12,20,30,34,36,38-39,41-44,50-51,54H,3,11,13-19,21-29,31-32H2,1-2,4-7H3;1-2H3;1H,(H,2,3);2*2H,1H3/b10-8+,12-9+,33-20+,37-30+;;;;/t34?,36-,38?,39?,41?,42?,43?,44?,47?;;;;/m1..../s1. The minimum absolute atomic E-state index is 0.0196. The van der Waals surface area contributed by atoms with E-state index in [0.29, 0.717) is 31.7 Å². The number of carbonyl (C=O) groups is 4. The van der Waals surface area contributed by atoms with Crippen molar-refractivity contribution in [3.63, 3.8) is 0 Å². The molecule has 13 heteroatoms. The van der Waals surface area contributed by atoms with E-state index in [-0.39, 0.29) is 42.3 Å². The number of rotatable bonds is 25. The molecule has 0 spiro atoms. The molecule has 65 heavy (non-hydrogen) atoms. The van der Waals surface area contributed by atoms with Gasteiger partial charge in [0.1, 0.15) is 11.9 Å². The van der Waals surface area contributed by atoms with Gasteiger partial charge in [-0.2, -0.15) is 0 Å². The molecule has 0 aromatic heterocycles. The fraction of sp³-hybridized carbons (Fsp3) is 0.731. The first-order valence-corrected chi connectivity index (χ1v) is 24.1. The van der Waals surface area contributed by atoms with E-state index in [9.17, 15) is 29.7 Å². The van der Waals surface area contributed by atoms with Gasteiger partial charge in [0.05, 0.1) is 18.3 Å². The van der Waals surface area contributed by atoms with Crippen molar-refractivity contribution in [2.24, 2.45) is 17.8 Å². The van der Waals surface area contributed by atoms with Crippen LogP contribution in [0.3, 0.4) is 0 Å². The summed E-state index contributed by atoms with van der Waals surface area (Å²) >= 11 is 0. The zero-order valence-corrected chi connectivity index (χ0v) is 41.9. The number of ketones is 2. The van der Waals surface area contributed by atoms with E-state index in [4.69, 9.17) is 29.6 Å². The van der Waals surface area contributed by atoms with Crippen LogP contribution in [-0.4, -0.2) is 124 Å². The van der Waals surface area contributed by atoms with E-state index in [1.165, 1.54) is 5.57 Å². The van der Waals surface area contributed by atoms with Gasteiger partial charge in [-0.3, -0.25) is 19.2 Å². The number of allylic oxidation sites excluding steroid dienone is 7. The number of unbranched alkanes of at least 4 members (excludes halogenated alkanes) is 3. The highest BCUT2D eigenvalue weighted by Gasteiger charge is 2.63. The number of amides is 1. The van der Waals surface area contributed by atoms with Gasteiger partial charge in [0, 0.05) is 46.3 Å². The molecule has 9 atom stereocenters. The summed E-state index contributed by atoms with van der Waals surface area (Å²) in [7, 11) is 3.67. The minimum Gasteiger partial charge on any atom is -0.483 e. The molecule has 1 amide bonds. The summed E-state index contributed by atoms with van der Waals surface area (Å²) in [6, 6.07) is 0.0196. The van der Waals surface area contributed by atoms with E-state index in [1.54, 1.807) is 12.0 Å². The van der Waals surface area contributed by atoms with Gasteiger partial charge in [0.25, 0.3) is 23.9 Å². The van der Waals surface area contributed by atoms with Crippen LogP contribution >= 0.6 is 0 Å². The highest BCUT2D eigenvalue weighted by atomic mass is 16.7. The average Bonchev–Trinajstić information content (AvgIpc) is 3.99. The first kappa shape index (κ1) is 63.8. The van der Waals surface area contributed by atoms with Crippen molar-refractivity contribution in [2.45, 2.75) is 200 Å². The number of aliphatic hydroxyl groups excluding tert-OH is 4. The molecular weight excluding hydrogens is 831 g/mol. The summed E-state index contributed by atoms with van der Waals surface area (Å²) in [5.41, 5.74) is 3.12. The average molecular weight is 922 g/mol. The Bertz CT molecular complexity index is 1460. The van der Waals surface area contributed by atoms with E-state index < -0.39 is 29.7 Å². The van der Waals surface area contributed by atoms with Crippen LogP contribution in [0.2, 0.25) is 0 Å². The lowest BCUT2D eigenvalue weighted by molar-refractivity contribution is -0.156. The van der Waals surface area contributed by atoms with Gasteiger partial charge in [-0.15, -0.1) is 0 Å². The van der Waals surface area contributed by atoms with Crippen LogP contribution in [0.4, 0.5) is 0 Å². The zero-order valence-electron chi connectivity index (χ0n) is 41.9. The number of hydrogen-bond acceptors (Lipinski definition) is 11. The minimum atomic E-state index is -1.94. The second-order valence-corrected chi connectivity index (χ2v) is 17.3. The maximum Gasteiger partial charge on any atom is 0.296 e. The van der Waals surface area contributed by atoms with Crippen LogP contribution in [0, 0.1) is 17.8 Å². The lowest BCUT2D eigenvalue weighted by Crippen LogP contribution is -2.49. The number of carboxylic acid groups (broad SMARTS) is 1. The van der Waals surface area contributed by atoms with Crippen molar-refractivity contribution in [1.29, 1.82) is 0 Å². The number of likely N-dealkylation sites (tertiary alicyclic amines) is 1. The number of ether oxygens (including phenoxy) is 2. The molecule has 0 bridgehead atoms. The molecule has 1 saturated carbocycles. The molecule has 0 aromatic carbocycles. The highest BCUT2D eigenvalue weighted by molar-refractivity contribution is 6.39. The monoisotopic (exact) mass is 922 g/mol. The first-order chi connectivity index (χ1) is 31.1. The van der Waals surface area contributed by atoms with E-state index >= 15 is 0 Å². The summed E-state index contributed by atoms with van der Waals surface area (Å²) in [4.78, 5) is 48.1. The van der Waals surface area contributed by atoms with E-state index in [0.717, 1.165) is 122 Å². The fourth-order valence-electron chi connectivity index (χ4n) is 8.20. The van der Waals surface area contributed by atoms with Gasteiger partial charge < -0.3 is 45.0 Å². The van der Waals surface area contributed by atoms with Crippen molar-refractivity contribution < 1.29 is 59.3 Å². The largest absolute Gasteiger partial charge is 0.483 e. The fourth-order valence-corrected chi connectivity index (χ4v) is 8.20. The van der Waals surface area contributed by atoms with Crippen LogP contribution in [0.1, 0.15) is 164 Å². The third kappa shape index (κ3) is 25.4. The smallest absolute Gasteiger partial charge is 0.296 e. The van der Waals surface area contributed by atoms with Crippen molar-refractivity contribution >= 4 is 23.9 Å². The van der Waals surface area contributed by atoms with Gasteiger partial charge in [-0.25, -0.2) is 0 Å². The van der Waals surface area contributed by atoms with Gasteiger partial charge in [0.15, 0.2) is 0 Å². The Balaban J connectivity index is 0. The molecule has 8 unspecified atom stereocenters. The van der Waals surface area contributed by atoms with Crippen LogP contribution < -0.4 is 0 Å². The highest BCUT2D eigenvalue weighted by Crippen LogP contribution is 2.39. The van der Waals surface area contributed by atoms with Crippen LogP contribution in [0.15, 0.2) is 59.8 Å². The van der Waals surface area contributed by atoms with Gasteiger partial charge >= 0.3 is 0 Å². The lowest BCUT2D eigenvalue weighted by Gasteiger charge is -2.33. The van der Waals surface area contributed by atoms with E-state index in [1.807, 2.05) is 46.8 Å². The Kier molecular flexibility index (Phi) is 37.0. The van der Waals surface area contributed by atoms with Crippen LogP contribution in [0.5, 0.6) is 0 Å². The second-order valence-electron chi connectivity index (χ2n) is 17.3. The first-order valence-electron chi connectivity index (χ1n) is 24.1. The summed E-state index contributed by atoms with van der Waals surface area (Å²) in [5, 5.41) is 52.4. The number of carbonyl (C=O) groups excluding carboxylic acids is 3. The number of epoxide rings is 1. The number of aliphatic hydroxyl groups is 5. The Morgan fingerprint density at radius 1 is 0.923 bits per heavy atom. The molecule has 3 fully saturated rings. The summed E-state index contributed by atoms with van der Waals surface area (Å²) in [5.74, 6) is -2.55. The maximum atomic E-state index is 12.8. The van der Waals surface area contributed by atoms with Crippen molar-refractivity contribution in [3.05, 3.63) is 59.8 Å². The molecular formula is C52H91NO12. The predicted octanol–water partition coefficient (Wildman–Crippen LogP) is 8.61. The quantitative estimate of drug-likeness (QED) is 0.0127. The Hall–Kier alpha value is -3.30. The maximum absolute atomic E-state index is 12.8. The number of nitrogens with zero attached hydrogens (tertiary/aromatic N) is 1. The molecule has 2 heterocycles. The summed E-state index contributed by atoms with van der Waals surface area (Å²) in [6.07, 6.45) is 26.4. The molecule has 2 aliphatic heterocycles. The zero-order chi connectivity index (χ0) is 50.0. The second kappa shape index (κ2) is 37.8. The molecule has 2 saturated heterocycles.